The van der Waals surface area contributed by atoms with Crippen LogP contribution in [0, 0.1) is 0 Å². The fourth-order valence-corrected chi connectivity index (χ4v) is 10.4. The number of rotatable bonds is 63. The third-order valence-corrected chi connectivity index (χ3v) is 15.4. The molecule has 1 atom stereocenters. The van der Waals surface area contributed by atoms with Gasteiger partial charge in [0.1, 0.15) is 6.61 Å². The topological polar surface area (TPSA) is 72.8 Å². The highest BCUT2D eigenvalue weighted by molar-refractivity contribution is 5.70. The minimum absolute atomic E-state index is 0.0615. The van der Waals surface area contributed by atoms with Crippen LogP contribution >= 0.6 is 0 Å². The molecule has 1 unspecified atom stereocenters. The zero-order valence-electron chi connectivity index (χ0n) is 50.1. The Hall–Kier alpha value is -1.88. The quantitative estimate of drug-likeness (QED) is 0.0373. The molecule has 0 aliphatic heterocycles. The van der Waals surface area contributed by atoms with E-state index >= 15 is 0 Å². The summed E-state index contributed by atoms with van der Waals surface area (Å²) in [5.74, 6) is -0.572. The van der Waals surface area contributed by atoms with Crippen LogP contribution in [0.4, 0.5) is 0 Å². The highest BCUT2D eigenvalue weighted by atomic mass is 16.6. The fraction of sp³-hybridized carbons (Fsp3) is 0.884. The summed E-state index contributed by atoms with van der Waals surface area (Å²) in [6.07, 6.45) is 86.0. The van der Waals surface area contributed by atoms with Gasteiger partial charge in [0.2, 0.25) is 0 Å². The molecule has 1 N–H and O–H groups in total. The lowest BCUT2D eigenvalue weighted by Gasteiger charge is -2.15. The van der Waals surface area contributed by atoms with Gasteiger partial charge in [0.05, 0.1) is 6.61 Å². The molecule has 0 saturated heterocycles. The van der Waals surface area contributed by atoms with E-state index in [4.69, 9.17) is 9.47 Å². The van der Waals surface area contributed by atoms with Crippen molar-refractivity contribution in [2.45, 2.75) is 380 Å². The number of unbranched alkanes of at least 4 members (excludes halogenated alkanes) is 49. The molecule has 0 aromatic carbocycles. The smallest absolute Gasteiger partial charge is 0.306 e. The number of carbonyl (C=O) groups excluding carboxylic acids is 2. The fourth-order valence-electron chi connectivity index (χ4n) is 10.4. The molecule has 0 aliphatic rings. The van der Waals surface area contributed by atoms with Crippen LogP contribution in [0.2, 0.25) is 0 Å². The first-order valence-corrected chi connectivity index (χ1v) is 33.5. The summed E-state index contributed by atoms with van der Waals surface area (Å²) in [4.78, 5) is 24.6. The highest BCUT2D eigenvalue weighted by Crippen LogP contribution is 2.18. The van der Waals surface area contributed by atoms with Gasteiger partial charge in [-0.2, -0.15) is 0 Å². The molecule has 0 fully saturated rings. The maximum absolute atomic E-state index is 12.3. The molecule has 0 amide bonds. The molecule has 74 heavy (non-hydrogen) atoms. The predicted molar refractivity (Wildman–Crippen MR) is 325 cm³/mol. The van der Waals surface area contributed by atoms with E-state index in [1.165, 1.54) is 308 Å². The number of esters is 2. The Morgan fingerprint density at radius 2 is 0.541 bits per heavy atom. The van der Waals surface area contributed by atoms with E-state index in [1.54, 1.807) is 0 Å². The summed E-state index contributed by atoms with van der Waals surface area (Å²) >= 11 is 0. The average molecular weight is 1040 g/mol. The van der Waals surface area contributed by atoms with Crippen LogP contribution in [-0.4, -0.2) is 36.4 Å². The van der Waals surface area contributed by atoms with Crippen molar-refractivity contribution < 1.29 is 24.2 Å². The van der Waals surface area contributed by atoms with E-state index in [9.17, 15) is 14.7 Å². The SMILES string of the molecule is CCCCCCC/C=C\C/C=C\CCCCCCCCCCCCCC(=O)OC(CO)COC(=O)CCCCCCCCCCCCCCCCCCCCCCCCCCC/C=C\CCCCCCCCCC. The number of allylic oxidation sites excluding steroid dienone is 6. The molecule has 0 spiro atoms. The van der Waals surface area contributed by atoms with Gasteiger partial charge in [-0.15, -0.1) is 0 Å². The molecule has 0 bridgehead atoms. The van der Waals surface area contributed by atoms with Crippen LogP contribution in [0.25, 0.3) is 0 Å². The molecule has 0 radical (unpaired) electrons. The van der Waals surface area contributed by atoms with Gasteiger partial charge in [-0.25, -0.2) is 0 Å². The van der Waals surface area contributed by atoms with Crippen molar-refractivity contribution in [3.8, 4) is 0 Å². The summed E-state index contributed by atoms with van der Waals surface area (Å²) in [6, 6.07) is 0. The van der Waals surface area contributed by atoms with E-state index in [1.807, 2.05) is 0 Å². The predicted octanol–water partition coefficient (Wildman–Crippen LogP) is 23.0. The molecule has 0 heterocycles. The maximum Gasteiger partial charge on any atom is 0.306 e. The van der Waals surface area contributed by atoms with Crippen molar-refractivity contribution in [2.24, 2.45) is 0 Å². The van der Waals surface area contributed by atoms with Crippen molar-refractivity contribution >= 4 is 11.9 Å². The zero-order valence-corrected chi connectivity index (χ0v) is 50.1. The Morgan fingerprint density at radius 3 is 0.811 bits per heavy atom. The summed E-state index contributed by atoms with van der Waals surface area (Å²) in [6.45, 7) is 4.18. The molecule has 436 valence electrons. The number of carbonyl (C=O) groups is 2. The first-order valence-electron chi connectivity index (χ1n) is 33.5. The molecule has 5 nitrogen and oxygen atoms in total. The van der Waals surface area contributed by atoms with Crippen molar-refractivity contribution in [1.29, 1.82) is 0 Å². The number of ether oxygens (including phenoxy) is 2. The lowest BCUT2D eigenvalue weighted by molar-refractivity contribution is -0.161. The summed E-state index contributed by atoms with van der Waals surface area (Å²) in [5.41, 5.74) is 0. The largest absolute Gasteiger partial charge is 0.462 e. The second-order valence-electron chi connectivity index (χ2n) is 22.9. The van der Waals surface area contributed by atoms with E-state index in [0.717, 1.165) is 38.5 Å². The van der Waals surface area contributed by atoms with Crippen molar-refractivity contribution in [1.82, 2.24) is 0 Å². The third-order valence-electron chi connectivity index (χ3n) is 15.4. The maximum atomic E-state index is 12.3. The van der Waals surface area contributed by atoms with Gasteiger partial charge < -0.3 is 14.6 Å². The van der Waals surface area contributed by atoms with Crippen LogP contribution in [0.3, 0.4) is 0 Å². The molecule has 0 aromatic rings. The van der Waals surface area contributed by atoms with Gasteiger partial charge in [-0.1, -0.05) is 326 Å². The lowest BCUT2D eigenvalue weighted by atomic mass is 10.0. The van der Waals surface area contributed by atoms with Gasteiger partial charge >= 0.3 is 11.9 Å². The van der Waals surface area contributed by atoms with Crippen LogP contribution in [0.5, 0.6) is 0 Å². The molecule has 0 saturated carbocycles. The van der Waals surface area contributed by atoms with Crippen molar-refractivity contribution in [2.75, 3.05) is 13.2 Å². The minimum Gasteiger partial charge on any atom is -0.462 e. The first-order chi connectivity index (χ1) is 36.6. The normalized spacial score (nSPS) is 12.3. The molecule has 0 rings (SSSR count). The van der Waals surface area contributed by atoms with Crippen LogP contribution < -0.4 is 0 Å². The Morgan fingerprint density at radius 1 is 0.311 bits per heavy atom. The first kappa shape index (κ1) is 72.1. The Bertz CT molecular complexity index is 1170. The summed E-state index contributed by atoms with van der Waals surface area (Å²) in [7, 11) is 0. The molecular formula is C69H130O5. The average Bonchev–Trinajstić information content (AvgIpc) is 3.40. The molecule has 0 aromatic heterocycles. The summed E-state index contributed by atoms with van der Waals surface area (Å²) in [5, 5.41) is 9.68. The standard InChI is InChI=1S/C69H130O5/c1-3-5-7-9-11-13-15-17-19-21-23-25-27-28-29-30-31-32-33-34-35-36-37-38-39-40-42-43-45-47-49-51-53-55-57-59-61-63-68(71)73-66-67(65-70)74-69(72)64-62-60-58-56-54-52-50-48-46-44-41-26-24-22-20-18-16-14-12-10-8-6-4-2/h16,18,21-24,67,70H,3-15,17,19-20,25-66H2,1-2H3/b18-16-,23-21-,24-22-. The van der Waals surface area contributed by atoms with Crippen molar-refractivity contribution in [3.63, 3.8) is 0 Å². The zero-order chi connectivity index (χ0) is 53.4. The van der Waals surface area contributed by atoms with E-state index in [2.05, 4.69) is 50.3 Å². The van der Waals surface area contributed by atoms with Crippen LogP contribution in [-0.2, 0) is 19.1 Å². The monoisotopic (exact) mass is 1040 g/mol. The number of aliphatic hydroxyl groups excluding tert-OH is 1. The van der Waals surface area contributed by atoms with Gasteiger partial charge in [0.25, 0.3) is 0 Å². The van der Waals surface area contributed by atoms with Gasteiger partial charge in [0.15, 0.2) is 6.10 Å². The van der Waals surface area contributed by atoms with Crippen molar-refractivity contribution in [3.05, 3.63) is 36.5 Å². The lowest BCUT2D eigenvalue weighted by Crippen LogP contribution is -2.28. The molecule has 0 aliphatic carbocycles. The van der Waals surface area contributed by atoms with Crippen LogP contribution in [0.1, 0.15) is 373 Å². The Labute approximate surface area is 463 Å². The second kappa shape index (κ2) is 65.4. The minimum atomic E-state index is -0.772. The van der Waals surface area contributed by atoms with Gasteiger partial charge in [-0.3, -0.25) is 9.59 Å². The number of hydrogen-bond acceptors (Lipinski definition) is 5. The second-order valence-corrected chi connectivity index (χ2v) is 22.9. The summed E-state index contributed by atoms with van der Waals surface area (Å²) < 4.78 is 10.7. The van der Waals surface area contributed by atoms with E-state index < -0.39 is 6.10 Å². The van der Waals surface area contributed by atoms with E-state index in [-0.39, 0.29) is 25.2 Å². The number of hydrogen-bond donors (Lipinski definition) is 1. The number of aliphatic hydroxyl groups is 1. The van der Waals surface area contributed by atoms with E-state index in [0.29, 0.717) is 12.8 Å². The Balaban J connectivity index is 3.38. The molecular weight excluding hydrogens is 909 g/mol. The van der Waals surface area contributed by atoms with Gasteiger partial charge in [0, 0.05) is 12.8 Å². The molecule has 5 heteroatoms. The van der Waals surface area contributed by atoms with Crippen LogP contribution in [0.15, 0.2) is 36.5 Å². The highest BCUT2D eigenvalue weighted by Gasteiger charge is 2.16. The third kappa shape index (κ3) is 62.7. The Kier molecular flexibility index (Phi) is 63.7. The van der Waals surface area contributed by atoms with Gasteiger partial charge in [-0.05, 0) is 70.6 Å².